The molecule has 0 amide bonds. The van der Waals surface area contributed by atoms with Gasteiger partial charge in [0.15, 0.2) is 11.6 Å². The van der Waals surface area contributed by atoms with Gasteiger partial charge in [0.05, 0.1) is 6.04 Å². The van der Waals surface area contributed by atoms with Gasteiger partial charge in [-0.3, -0.25) is 0 Å². The van der Waals surface area contributed by atoms with Crippen LogP contribution >= 0.6 is 0 Å². The van der Waals surface area contributed by atoms with E-state index in [1.807, 2.05) is 38.1 Å². The van der Waals surface area contributed by atoms with E-state index in [1.54, 1.807) is 12.4 Å². The zero-order valence-corrected chi connectivity index (χ0v) is 11.1. The van der Waals surface area contributed by atoms with E-state index in [-0.39, 0.29) is 6.04 Å². The number of nitrogen functional groups attached to an aromatic ring is 1. The van der Waals surface area contributed by atoms with Crippen molar-refractivity contribution in [1.82, 2.24) is 9.97 Å². The zero-order chi connectivity index (χ0) is 13.7. The second-order valence-electron chi connectivity index (χ2n) is 4.46. The molecule has 0 aliphatic carbocycles. The van der Waals surface area contributed by atoms with Gasteiger partial charge in [-0.1, -0.05) is 17.7 Å². The number of hydrogen-bond acceptors (Lipinski definition) is 5. The van der Waals surface area contributed by atoms with Crippen molar-refractivity contribution in [2.45, 2.75) is 19.9 Å². The smallest absolute Gasteiger partial charge is 0.169 e. The largest absolute Gasteiger partial charge is 0.491 e. The number of nitrogens with zero attached hydrogens (tertiary/aromatic N) is 2. The minimum atomic E-state index is 0.0836. The number of anilines is 2. The molecule has 5 heteroatoms. The Morgan fingerprint density at radius 2 is 1.89 bits per heavy atom. The van der Waals surface area contributed by atoms with Crippen LogP contribution in [0.15, 0.2) is 36.7 Å². The number of benzene rings is 1. The van der Waals surface area contributed by atoms with Crippen LogP contribution in [0.3, 0.4) is 0 Å². The highest BCUT2D eigenvalue weighted by Crippen LogP contribution is 2.14. The van der Waals surface area contributed by atoms with Gasteiger partial charge < -0.3 is 15.8 Å². The van der Waals surface area contributed by atoms with Crippen molar-refractivity contribution in [1.29, 1.82) is 0 Å². The average Bonchev–Trinajstić information content (AvgIpc) is 2.41. The molecule has 0 bridgehead atoms. The number of aryl methyl sites for hydroxylation is 1. The minimum absolute atomic E-state index is 0.0836. The summed E-state index contributed by atoms with van der Waals surface area (Å²) in [6.07, 6.45) is 3.17. The molecule has 0 spiro atoms. The van der Waals surface area contributed by atoms with Crippen molar-refractivity contribution >= 4 is 11.6 Å². The van der Waals surface area contributed by atoms with Crippen LogP contribution in [0.2, 0.25) is 0 Å². The van der Waals surface area contributed by atoms with E-state index in [1.165, 1.54) is 5.56 Å². The molecule has 2 rings (SSSR count). The Labute approximate surface area is 112 Å². The predicted octanol–water partition coefficient (Wildman–Crippen LogP) is 2.25. The molecule has 0 aliphatic rings. The lowest BCUT2D eigenvalue weighted by Crippen LogP contribution is -2.24. The van der Waals surface area contributed by atoms with E-state index < -0.39 is 0 Å². The highest BCUT2D eigenvalue weighted by molar-refractivity contribution is 5.55. The predicted molar refractivity (Wildman–Crippen MR) is 76.2 cm³/mol. The summed E-state index contributed by atoms with van der Waals surface area (Å²) in [5.41, 5.74) is 6.93. The second kappa shape index (κ2) is 6.04. The molecule has 100 valence electrons. The van der Waals surface area contributed by atoms with Gasteiger partial charge in [-0.15, -0.1) is 0 Å². The number of nitrogens with one attached hydrogen (secondary N) is 1. The zero-order valence-electron chi connectivity index (χ0n) is 11.1. The molecule has 0 fully saturated rings. The molecule has 1 atom stereocenters. The second-order valence-corrected chi connectivity index (χ2v) is 4.46. The Hall–Kier alpha value is -2.30. The maximum atomic E-state index is 5.72. The van der Waals surface area contributed by atoms with Gasteiger partial charge >= 0.3 is 0 Å². The molecule has 1 heterocycles. The lowest BCUT2D eigenvalue weighted by atomic mass is 10.2. The van der Waals surface area contributed by atoms with Crippen molar-refractivity contribution < 1.29 is 4.74 Å². The van der Waals surface area contributed by atoms with Crippen LogP contribution < -0.4 is 15.8 Å². The van der Waals surface area contributed by atoms with Gasteiger partial charge in [-0.2, -0.15) is 0 Å². The molecule has 1 aromatic heterocycles. The summed E-state index contributed by atoms with van der Waals surface area (Å²) >= 11 is 0. The van der Waals surface area contributed by atoms with E-state index in [4.69, 9.17) is 10.5 Å². The maximum absolute atomic E-state index is 5.72. The molecule has 2 aromatic rings. The molecule has 1 unspecified atom stereocenters. The fourth-order valence-electron chi connectivity index (χ4n) is 1.59. The van der Waals surface area contributed by atoms with Crippen LogP contribution in [0.1, 0.15) is 12.5 Å². The minimum Gasteiger partial charge on any atom is -0.491 e. The Morgan fingerprint density at radius 3 is 2.58 bits per heavy atom. The third-order valence-electron chi connectivity index (χ3n) is 2.63. The molecule has 0 saturated carbocycles. The first-order valence-corrected chi connectivity index (χ1v) is 6.17. The fourth-order valence-corrected chi connectivity index (χ4v) is 1.59. The lowest BCUT2D eigenvalue weighted by Gasteiger charge is -2.16. The first-order valence-electron chi connectivity index (χ1n) is 6.17. The van der Waals surface area contributed by atoms with E-state index in [0.717, 1.165) is 5.75 Å². The summed E-state index contributed by atoms with van der Waals surface area (Å²) < 4.78 is 5.68. The van der Waals surface area contributed by atoms with Crippen molar-refractivity contribution in [3.05, 3.63) is 42.2 Å². The summed E-state index contributed by atoms with van der Waals surface area (Å²) in [6.45, 7) is 4.58. The first kappa shape index (κ1) is 13.1. The van der Waals surface area contributed by atoms with Crippen LogP contribution in [-0.4, -0.2) is 22.6 Å². The van der Waals surface area contributed by atoms with Crippen LogP contribution in [0.5, 0.6) is 5.75 Å². The first-order chi connectivity index (χ1) is 9.15. The Balaban J connectivity index is 1.86. The molecule has 3 N–H and O–H groups in total. The molecule has 19 heavy (non-hydrogen) atoms. The number of ether oxygens (including phenoxy) is 1. The molecule has 0 aliphatic heterocycles. The van der Waals surface area contributed by atoms with Gasteiger partial charge in [-0.05, 0) is 26.0 Å². The number of nitrogens with two attached hydrogens (primary N) is 1. The third-order valence-corrected chi connectivity index (χ3v) is 2.63. The van der Waals surface area contributed by atoms with Gasteiger partial charge in [0.2, 0.25) is 0 Å². The third kappa shape index (κ3) is 3.84. The quantitative estimate of drug-likeness (QED) is 0.860. The van der Waals surface area contributed by atoms with Gasteiger partial charge in [0.25, 0.3) is 0 Å². The highest BCUT2D eigenvalue weighted by atomic mass is 16.5. The van der Waals surface area contributed by atoms with Crippen molar-refractivity contribution in [3.8, 4) is 5.75 Å². The van der Waals surface area contributed by atoms with E-state index in [2.05, 4.69) is 15.3 Å². The van der Waals surface area contributed by atoms with Gasteiger partial charge in [0, 0.05) is 12.4 Å². The number of rotatable bonds is 5. The van der Waals surface area contributed by atoms with E-state index in [9.17, 15) is 0 Å². The van der Waals surface area contributed by atoms with Crippen LogP contribution in [0.4, 0.5) is 11.6 Å². The number of hydrogen-bond donors (Lipinski definition) is 2. The normalized spacial score (nSPS) is 11.9. The Bertz CT molecular complexity index is 527. The number of aromatic nitrogens is 2. The monoisotopic (exact) mass is 258 g/mol. The van der Waals surface area contributed by atoms with Crippen LogP contribution in [0, 0.1) is 6.92 Å². The molecule has 5 nitrogen and oxygen atoms in total. The van der Waals surface area contributed by atoms with E-state index >= 15 is 0 Å². The van der Waals surface area contributed by atoms with Gasteiger partial charge in [-0.25, -0.2) is 9.97 Å². The molecule has 0 radical (unpaired) electrons. The van der Waals surface area contributed by atoms with Crippen molar-refractivity contribution in [3.63, 3.8) is 0 Å². The van der Waals surface area contributed by atoms with E-state index in [0.29, 0.717) is 18.2 Å². The van der Waals surface area contributed by atoms with Crippen LogP contribution in [0.25, 0.3) is 0 Å². The molecular formula is C14H18N4O. The Kier molecular flexibility index (Phi) is 4.18. The summed E-state index contributed by atoms with van der Waals surface area (Å²) in [7, 11) is 0. The molecule has 0 saturated heterocycles. The molecule has 1 aromatic carbocycles. The average molecular weight is 258 g/mol. The Morgan fingerprint density at radius 1 is 1.21 bits per heavy atom. The topological polar surface area (TPSA) is 73.1 Å². The summed E-state index contributed by atoms with van der Waals surface area (Å²) in [5.74, 6) is 1.83. The maximum Gasteiger partial charge on any atom is 0.169 e. The SMILES string of the molecule is Cc1ccc(OCC(C)Nc2nccnc2N)cc1. The summed E-state index contributed by atoms with van der Waals surface area (Å²) in [4.78, 5) is 8.10. The highest BCUT2D eigenvalue weighted by Gasteiger charge is 2.07. The van der Waals surface area contributed by atoms with Crippen molar-refractivity contribution in [2.75, 3.05) is 17.7 Å². The van der Waals surface area contributed by atoms with Gasteiger partial charge in [0.1, 0.15) is 12.4 Å². The lowest BCUT2D eigenvalue weighted by molar-refractivity contribution is 0.303. The summed E-state index contributed by atoms with van der Waals surface area (Å²) in [6, 6.07) is 8.04. The van der Waals surface area contributed by atoms with Crippen LogP contribution in [-0.2, 0) is 0 Å². The molecular weight excluding hydrogens is 240 g/mol. The summed E-state index contributed by atoms with van der Waals surface area (Å²) in [5, 5.41) is 3.17. The standard InChI is InChI=1S/C14H18N4O/c1-10-3-5-12(6-4-10)19-9-11(2)18-14-13(15)16-7-8-17-14/h3-8,11H,9H2,1-2H3,(H2,15,16)(H,17,18). The van der Waals surface area contributed by atoms with Crippen molar-refractivity contribution in [2.24, 2.45) is 0 Å². The fraction of sp³-hybridized carbons (Fsp3) is 0.286.